The maximum absolute atomic E-state index is 14.1. The second kappa shape index (κ2) is 11.2. The summed E-state index contributed by atoms with van der Waals surface area (Å²) in [6.07, 6.45) is 3.07. The third kappa shape index (κ3) is 6.57. The van der Waals surface area contributed by atoms with Gasteiger partial charge in [0, 0.05) is 44.3 Å². The van der Waals surface area contributed by atoms with E-state index in [-0.39, 0.29) is 86.6 Å². The van der Waals surface area contributed by atoms with Gasteiger partial charge in [-0.3, -0.25) is 14.3 Å². The van der Waals surface area contributed by atoms with E-state index in [9.17, 15) is 27.2 Å². The number of carbonyl (C=O) groups excluding carboxylic acids is 2. The number of H-pyrrole nitrogens is 1. The molecule has 232 valence electrons. The number of hydrogen-bond donors (Lipinski definition) is 3. The van der Waals surface area contributed by atoms with Crippen LogP contribution in [0.15, 0.2) is 30.5 Å². The molecular formula is C31H38F4N6O2. The highest BCUT2D eigenvalue weighted by atomic mass is 19.3. The molecule has 3 saturated carbocycles. The second-order valence-electron chi connectivity index (χ2n) is 13.0. The number of aromatic nitrogens is 4. The van der Waals surface area contributed by atoms with E-state index in [1.165, 1.54) is 0 Å². The van der Waals surface area contributed by atoms with Crippen LogP contribution in [0.1, 0.15) is 112 Å². The van der Waals surface area contributed by atoms with E-state index in [1.807, 2.05) is 32.0 Å². The molecule has 8 nitrogen and oxygen atoms in total. The van der Waals surface area contributed by atoms with E-state index in [0.29, 0.717) is 17.0 Å². The number of hydrogen-bond acceptors (Lipinski definition) is 4. The number of amides is 2. The predicted molar refractivity (Wildman–Crippen MR) is 152 cm³/mol. The van der Waals surface area contributed by atoms with Crippen molar-refractivity contribution in [2.75, 3.05) is 0 Å². The first kappa shape index (κ1) is 29.6. The van der Waals surface area contributed by atoms with Crippen LogP contribution in [0.5, 0.6) is 0 Å². The van der Waals surface area contributed by atoms with E-state index in [4.69, 9.17) is 4.98 Å². The zero-order valence-corrected chi connectivity index (χ0v) is 24.4. The number of fused-ring (bicyclic) bond motifs is 1. The van der Waals surface area contributed by atoms with Crippen molar-refractivity contribution in [2.24, 2.45) is 17.8 Å². The van der Waals surface area contributed by atoms with Crippen LogP contribution >= 0.6 is 0 Å². The van der Waals surface area contributed by atoms with Crippen LogP contribution in [0.4, 0.5) is 17.6 Å². The molecule has 6 rings (SSSR count). The van der Waals surface area contributed by atoms with Crippen LogP contribution in [0.3, 0.4) is 0 Å². The van der Waals surface area contributed by atoms with Crippen molar-refractivity contribution < 1.29 is 27.2 Å². The lowest BCUT2D eigenvalue weighted by Crippen LogP contribution is -2.39. The molecule has 3 aliphatic rings. The van der Waals surface area contributed by atoms with Crippen LogP contribution in [-0.2, 0) is 4.79 Å². The van der Waals surface area contributed by atoms with Gasteiger partial charge in [-0.15, -0.1) is 0 Å². The van der Waals surface area contributed by atoms with Crippen LogP contribution in [0.25, 0.3) is 11.0 Å². The summed E-state index contributed by atoms with van der Waals surface area (Å²) in [6.45, 7) is 3.84. The molecular weight excluding hydrogens is 564 g/mol. The highest BCUT2D eigenvalue weighted by Crippen LogP contribution is 2.45. The molecule has 3 fully saturated rings. The Morgan fingerprint density at radius 2 is 1.67 bits per heavy atom. The lowest BCUT2D eigenvalue weighted by molar-refractivity contribution is -0.134. The molecule has 0 aliphatic heterocycles. The minimum atomic E-state index is -2.72. The number of nitrogens with one attached hydrogen (secondary N) is 3. The van der Waals surface area contributed by atoms with Crippen molar-refractivity contribution in [3.05, 3.63) is 47.5 Å². The topological polar surface area (TPSA) is 105 Å². The molecule has 2 amide bonds. The zero-order valence-electron chi connectivity index (χ0n) is 24.4. The molecule has 3 N–H and O–H groups in total. The van der Waals surface area contributed by atoms with Crippen LogP contribution in [-0.4, -0.2) is 43.4 Å². The summed E-state index contributed by atoms with van der Waals surface area (Å²) in [6, 6.07) is 6.42. The number of alkyl halides is 4. The van der Waals surface area contributed by atoms with E-state index in [0.717, 1.165) is 23.9 Å². The van der Waals surface area contributed by atoms with Crippen LogP contribution < -0.4 is 10.6 Å². The molecule has 3 aliphatic carbocycles. The predicted octanol–water partition coefficient (Wildman–Crippen LogP) is 6.64. The SMILES string of the molecule is CC(C)n1nccc1C(=O)NC(c1nc2cc(C(NC(=O)CC3CC(F)(F)C3)C3CC3)ccc2[nH]1)C1CCC(F)(F)CC1. The third-order valence-electron chi connectivity index (χ3n) is 9.15. The summed E-state index contributed by atoms with van der Waals surface area (Å²) in [5, 5.41) is 10.4. The Morgan fingerprint density at radius 1 is 0.977 bits per heavy atom. The molecule has 1 aromatic carbocycles. The average Bonchev–Trinajstić information content (AvgIpc) is 3.47. The molecule has 3 aromatic rings. The van der Waals surface area contributed by atoms with Gasteiger partial charge < -0.3 is 15.6 Å². The molecule has 2 atom stereocenters. The Hall–Kier alpha value is -3.44. The molecule has 0 bridgehead atoms. The van der Waals surface area contributed by atoms with Crippen molar-refractivity contribution in [3.8, 4) is 0 Å². The maximum atomic E-state index is 14.1. The Labute approximate surface area is 247 Å². The first-order chi connectivity index (χ1) is 20.4. The van der Waals surface area contributed by atoms with Gasteiger partial charge in [0.25, 0.3) is 5.91 Å². The molecule has 0 radical (unpaired) electrons. The highest BCUT2D eigenvalue weighted by Gasteiger charge is 2.46. The summed E-state index contributed by atoms with van der Waals surface area (Å²) in [5.74, 6) is -5.73. The van der Waals surface area contributed by atoms with Gasteiger partial charge >= 0.3 is 0 Å². The van der Waals surface area contributed by atoms with Gasteiger partial charge in [0.15, 0.2) is 0 Å². The van der Waals surface area contributed by atoms with Gasteiger partial charge in [0.1, 0.15) is 11.5 Å². The minimum absolute atomic E-state index is 0.0400. The fourth-order valence-corrected chi connectivity index (χ4v) is 6.64. The van der Waals surface area contributed by atoms with Gasteiger partial charge in [-0.2, -0.15) is 5.10 Å². The maximum Gasteiger partial charge on any atom is 0.270 e. The minimum Gasteiger partial charge on any atom is -0.349 e. The quantitative estimate of drug-likeness (QED) is 0.226. The number of benzene rings is 1. The Morgan fingerprint density at radius 3 is 2.33 bits per heavy atom. The summed E-state index contributed by atoms with van der Waals surface area (Å²) in [7, 11) is 0. The number of carbonyl (C=O) groups is 2. The van der Waals surface area contributed by atoms with E-state index in [2.05, 4.69) is 20.7 Å². The largest absolute Gasteiger partial charge is 0.349 e. The Bertz CT molecular complexity index is 1480. The summed E-state index contributed by atoms with van der Waals surface area (Å²) in [4.78, 5) is 34.3. The van der Waals surface area contributed by atoms with Gasteiger partial charge in [-0.1, -0.05) is 6.07 Å². The van der Waals surface area contributed by atoms with Crippen LogP contribution in [0, 0.1) is 17.8 Å². The lowest BCUT2D eigenvalue weighted by Gasteiger charge is -2.34. The lowest BCUT2D eigenvalue weighted by atomic mass is 9.79. The molecule has 2 aromatic heterocycles. The summed E-state index contributed by atoms with van der Waals surface area (Å²) >= 11 is 0. The number of aromatic amines is 1. The molecule has 12 heteroatoms. The smallest absolute Gasteiger partial charge is 0.270 e. The Balaban J connectivity index is 1.24. The van der Waals surface area contributed by atoms with Crippen molar-refractivity contribution in [3.63, 3.8) is 0 Å². The molecule has 2 unspecified atom stereocenters. The van der Waals surface area contributed by atoms with Gasteiger partial charge in [-0.05, 0) is 81.0 Å². The zero-order chi connectivity index (χ0) is 30.5. The number of rotatable bonds is 10. The van der Waals surface area contributed by atoms with Gasteiger partial charge in [0.05, 0.1) is 23.1 Å². The monoisotopic (exact) mass is 602 g/mol. The van der Waals surface area contributed by atoms with E-state index < -0.39 is 17.9 Å². The first-order valence-electron chi connectivity index (χ1n) is 15.3. The number of imidazole rings is 1. The number of nitrogens with zero attached hydrogens (tertiary/aromatic N) is 3. The van der Waals surface area contributed by atoms with Gasteiger partial charge in [0.2, 0.25) is 17.8 Å². The van der Waals surface area contributed by atoms with Crippen LogP contribution in [0.2, 0.25) is 0 Å². The van der Waals surface area contributed by atoms with E-state index >= 15 is 0 Å². The molecule has 2 heterocycles. The first-order valence-corrected chi connectivity index (χ1v) is 15.3. The highest BCUT2D eigenvalue weighted by molar-refractivity contribution is 5.92. The molecule has 0 saturated heterocycles. The fraction of sp³-hybridized carbons (Fsp3) is 0.613. The number of halogens is 4. The fourth-order valence-electron chi connectivity index (χ4n) is 6.64. The van der Waals surface area contributed by atoms with Crippen molar-refractivity contribution in [1.82, 2.24) is 30.4 Å². The molecule has 0 spiro atoms. The Kier molecular flexibility index (Phi) is 7.75. The summed E-state index contributed by atoms with van der Waals surface area (Å²) in [5.41, 5.74) is 2.62. The van der Waals surface area contributed by atoms with Gasteiger partial charge in [-0.25, -0.2) is 22.5 Å². The van der Waals surface area contributed by atoms with E-state index in [1.54, 1.807) is 16.9 Å². The normalized spacial score (nSPS) is 21.8. The average molecular weight is 603 g/mol. The molecule has 43 heavy (non-hydrogen) atoms. The third-order valence-corrected chi connectivity index (χ3v) is 9.15. The second-order valence-corrected chi connectivity index (χ2v) is 13.0. The standard InChI is InChI=1S/C31H38F4N6O2/c1-17(2)41-24(9-12-36-41)29(43)40-27(20-7-10-30(32,33)11-8-20)28-37-22-6-5-21(14-23(22)38-28)26(19-3-4-19)39-25(42)13-18-15-31(34,35)16-18/h5-6,9,12,14,17-20,26-27H,3-4,7-8,10-11,13,15-16H2,1-2H3,(H,37,38)(H,39,42)(H,40,43). The van der Waals surface area contributed by atoms with Crippen molar-refractivity contribution in [1.29, 1.82) is 0 Å². The van der Waals surface area contributed by atoms with Crippen molar-refractivity contribution >= 4 is 22.8 Å². The van der Waals surface area contributed by atoms with Crippen molar-refractivity contribution in [2.45, 2.75) is 102 Å². The summed E-state index contributed by atoms with van der Waals surface area (Å²) < 4.78 is 56.2.